The molecule has 0 spiro atoms. The van der Waals surface area contributed by atoms with Crippen LogP contribution in [0.5, 0.6) is 5.75 Å². The van der Waals surface area contributed by atoms with E-state index in [4.69, 9.17) is 16.2 Å². The Hall–Kier alpha value is -2.54. The quantitative estimate of drug-likeness (QED) is 0.775. The fourth-order valence-electron chi connectivity index (χ4n) is 3.00. The number of hydrogen-bond donors (Lipinski definition) is 3. The van der Waals surface area contributed by atoms with Crippen LogP contribution in [0.3, 0.4) is 0 Å². The molecule has 2 aromatic rings. The maximum absolute atomic E-state index is 11.9. The average molecular weight is 345 g/mol. The molecular weight excluding hydrogens is 326 g/mol. The maximum Gasteiger partial charge on any atom is 0.317 e. The smallest absolute Gasteiger partial charge is 0.317 e. The summed E-state index contributed by atoms with van der Waals surface area (Å²) in [4.78, 5) is 24.1. The van der Waals surface area contributed by atoms with E-state index in [-0.39, 0.29) is 0 Å². The Morgan fingerprint density at radius 3 is 2.75 bits per heavy atom. The first-order valence-electron chi connectivity index (χ1n) is 7.79. The summed E-state index contributed by atoms with van der Waals surface area (Å²) in [5, 5.41) is 2.92. The van der Waals surface area contributed by atoms with E-state index in [9.17, 15) is 9.59 Å². The fourth-order valence-corrected chi connectivity index (χ4v) is 4.34. The van der Waals surface area contributed by atoms with Gasteiger partial charge in [-0.25, -0.2) is 4.79 Å². The third-order valence-corrected chi connectivity index (χ3v) is 5.10. The van der Waals surface area contributed by atoms with Gasteiger partial charge in [-0.1, -0.05) is 19.1 Å². The molecule has 3 amide bonds. The minimum atomic E-state index is -0.716. The molecule has 3 rings (SSSR count). The number of primary amides is 2. The highest BCUT2D eigenvalue weighted by Gasteiger charge is 2.29. The standard InChI is InChI=1S/C17H19N3O3S/c1-2-8-23-11-5-3-4-9-6-7-10-13(15(18)21)16(20-17(19)22)24-14(10)12(9)11/h3-5H,2,6-8H2,1H3,(H2,18,21)(H3,19,20,22). The minimum Gasteiger partial charge on any atom is -0.493 e. The van der Waals surface area contributed by atoms with Gasteiger partial charge in [0.25, 0.3) is 5.91 Å². The number of carbonyl (C=O) groups excluding carboxylic acids is 2. The van der Waals surface area contributed by atoms with Crippen molar-refractivity contribution in [3.63, 3.8) is 0 Å². The second-order valence-corrected chi connectivity index (χ2v) is 6.63. The van der Waals surface area contributed by atoms with E-state index < -0.39 is 11.9 Å². The second kappa shape index (κ2) is 6.52. The van der Waals surface area contributed by atoms with Crippen molar-refractivity contribution in [3.8, 4) is 16.2 Å². The van der Waals surface area contributed by atoms with Gasteiger partial charge >= 0.3 is 6.03 Å². The van der Waals surface area contributed by atoms with Crippen LogP contribution in [0.15, 0.2) is 18.2 Å². The van der Waals surface area contributed by atoms with Crippen LogP contribution >= 0.6 is 11.3 Å². The van der Waals surface area contributed by atoms with E-state index in [1.165, 1.54) is 16.9 Å². The number of ether oxygens (including phenoxy) is 1. The monoisotopic (exact) mass is 345 g/mol. The molecule has 0 unspecified atom stereocenters. The number of urea groups is 1. The van der Waals surface area contributed by atoms with Gasteiger partial charge in [0.1, 0.15) is 10.8 Å². The lowest BCUT2D eigenvalue weighted by molar-refractivity contribution is 0.100. The van der Waals surface area contributed by atoms with Gasteiger partial charge in [0.05, 0.1) is 12.2 Å². The lowest BCUT2D eigenvalue weighted by Crippen LogP contribution is -2.22. The molecule has 1 aliphatic rings. The number of aryl methyl sites for hydroxylation is 1. The van der Waals surface area contributed by atoms with Crippen LogP contribution < -0.4 is 21.5 Å². The number of rotatable bonds is 5. The zero-order valence-electron chi connectivity index (χ0n) is 13.3. The number of anilines is 1. The highest BCUT2D eigenvalue weighted by molar-refractivity contribution is 7.20. The van der Waals surface area contributed by atoms with Crippen LogP contribution in [0.2, 0.25) is 0 Å². The molecule has 6 nitrogen and oxygen atoms in total. The van der Waals surface area contributed by atoms with Gasteiger partial charge < -0.3 is 16.2 Å². The summed E-state index contributed by atoms with van der Waals surface area (Å²) < 4.78 is 5.88. The number of benzene rings is 1. The molecule has 1 aromatic carbocycles. The third-order valence-electron chi connectivity index (χ3n) is 3.94. The summed E-state index contributed by atoms with van der Waals surface area (Å²) in [6.07, 6.45) is 2.38. The van der Waals surface area contributed by atoms with E-state index in [1.54, 1.807) is 0 Å². The van der Waals surface area contributed by atoms with Gasteiger partial charge in [0.15, 0.2) is 0 Å². The summed E-state index contributed by atoms with van der Waals surface area (Å²) >= 11 is 1.32. The van der Waals surface area contributed by atoms with Crippen molar-refractivity contribution < 1.29 is 14.3 Å². The van der Waals surface area contributed by atoms with Gasteiger partial charge in [0.2, 0.25) is 0 Å². The van der Waals surface area contributed by atoms with E-state index in [1.807, 2.05) is 19.1 Å². The Kier molecular flexibility index (Phi) is 4.44. The van der Waals surface area contributed by atoms with Crippen LogP contribution in [0, 0.1) is 0 Å². The Morgan fingerprint density at radius 2 is 2.08 bits per heavy atom. The van der Waals surface area contributed by atoms with Gasteiger partial charge in [0, 0.05) is 10.4 Å². The van der Waals surface area contributed by atoms with Crippen molar-refractivity contribution in [2.24, 2.45) is 11.5 Å². The number of thiophene rings is 1. The number of amides is 3. The molecule has 5 N–H and O–H groups in total. The highest BCUT2D eigenvalue weighted by atomic mass is 32.1. The van der Waals surface area contributed by atoms with Gasteiger partial charge in [-0.15, -0.1) is 11.3 Å². The lowest BCUT2D eigenvalue weighted by atomic mass is 9.88. The van der Waals surface area contributed by atoms with Crippen molar-refractivity contribution in [1.29, 1.82) is 0 Å². The van der Waals surface area contributed by atoms with Gasteiger partial charge in [-0.2, -0.15) is 0 Å². The number of hydrogen-bond acceptors (Lipinski definition) is 4. The maximum atomic E-state index is 11.9. The van der Waals surface area contributed by atoms with Crippen molar-refractivity contribution in [2.45, 2.75) is 26.2 Å². The molecule has 0 aliphatic heterocycles. The van der Waals surface area contributed by atoms with E-state index in [0.29, 0.717) is 23.6 Å². The lowest BCUT2D eigenvalue weighted by Gasteiger charge is -2.20. The molecule has 0 radical (unpaired) electrons. The van der Waals surface area contributed by atoms with Crippen molar-refractivity contribution in [3.05, 3.63) is 34.9 Å². The topological polar surface area (TPSA) is 107 Å². The van der Waals surface area contributed by atoms with Crippen LogP contribution in [0.4, 0.5) is 9.80 Å². The summed E-state index contributed by atoms with van der Waals surface area (Å²) in [6.45, 7) is 2.66. The number of carbonyl (C=O) groups is 2. The summed E-state index contributed by atoms with van der Waals surface area (Å²) in [7, 11) is 0. The third kappa shape index (κ3) is 2.82. The Labute approximate surface area is 143 Å². The van der Waals surface area contributed by atoms with Crippen LogP contribution in [0.25, 0.3) is 10.4 Å². The number of nitrogens with one attached hydrogen (secondary N) is 1. The molecule has 0 saturated heterocycles. The number of nitrogens with two attached hydrogens (primary N) is 2. The van der Waals surface area contributed by atoms with Crippen LogP contribution in [-0.4, -0.2) is 18.5 Å². The van der Waals surface area contributed by atoms with E-state index in [0.717, 1.165) is 34.6 Å². The normalized spacial score (nSPS) is 12.2. The highest BCUT2D eigenvalue weighted by Crippen LogP contribution is 2.48. The summed E-state index contributed by atoms with van der Waals surface area (Å²) in [5.41, 5.74) is 14.1. The molecular formula is C17H19N3O3S. The van der Waals surface area contributed by atoms with Crippen molar-refractivity contribution in [1.82, 2.24) is 0 Å². The zero-order valence-corrected chi connectivity index (χ0v) is 14.2. The predicted molar refractivity (Wildman–Crippen MR) is 94.7 cm³/mol. The molecule has 7 heteroatoms. The summed E-state index contributed by atoms with van der Waals surface area (Å²) in [6, 6.07) is 5.24. The minimum absolute atomic E-state index is 0.352. The molecule has 0 bridgehead atoms. The molecule has 1 aliphatic carbocycles. The van der Waals surface area contributed by atoms with Crippen molar-refractivity contribution in [2.75, 3.05) is 11.9 Å². The summed E-state index contributed by atoms with van der Waals surface area (Å²) in [5.74, 6) is 0.227. The largest absolute Gasteiger partial charge is 0.493 e. The number of fused-ring (bicyclic) bond motifs is 3. The van der Waals surface area contributed by atoms with E-state index >= 15 is 0 Å². The predicted octanol–water partition coefficient (Wildman–Crippen LogP) is 2.89. The molecule has 1 aromatic heterocycles. The molecule has 0 fully saturated rings. The molecule has 1 heterocycles. The van der Waals surface area contributed by atoms with Gasteiger partial charge in [-0.05, 0) is 36.5 Å². The SMILES string of the molecule is CCCOc1cccc2c1-c1sc(NC(N)=O)c(C(N)=O)c1CC2. The molecule has 24 heavy (non-hydrogen) atoms. The van der Waals surface area contributed by atoms with Crippen molar-refractivity contribution >= 4 is 28.3 Å². The van der Waals surface area contributed by atoms with Crippen LogP contribution in [0.1, 0.15) is 34.8 Å². The Bertz CT molecular complexity index is 814. The van der Waals surface area contributed by atoms with Gasteiger partial charge in [-0.3, -0.25) is 10.1 Å². The Morgan fingerprint density at radius 1 is 1.29 bits per heavy atom. The fraction of sp³-hybridized carbons (Fsp3) is 0.294. The average Bonchev–Trinajstić information content (AvgIpc) is 2.89. The second-order valence-electron chi connectivity index (χ2n) is 5.61. The Balaban J connectivity index is 2.17. The zero-order chi connectivity index (χ0) is 17.3. The van der Waals surface area contributed by atoms with Crippen LogP contribution in [-0.2, 0) is 12.8 Å². The van der Waals surface area contributed by atoms with E-state index in [2.05, 4.69) is 11.4 Å². The molecule has 126 valence electrons. The molecule has 0 atom stereocenters. The first-order chi connectivity index (χ1) is 11.5. The molecule has 0 saturated carbocycles. The first kappa shape index (κ1) is 16.3. The first-order valence-corrected chi connectivity index (χ1v) is 8.61.